The minimum atomic E-state index is -1.65. The lowest BCUT2D eigenvalue weighted by Crippen LogP contribution is -2.27. The molecular weight excluding hydrogens is 321 g/mol. The van der Waals surface area contributed by atoms with Gasteiger partial charge >= 0.3 is 0 Å². The van der Waals surface area contributed by atoms with Crippen LogP contribution in [0.1, 0.15) is 18.1 Å². The summed E-state index contributed by atoms with van der Waals surface area (Å²) in [6.07, 6.45) is 0.362. The molecule has 0 radical (unpaired) electrons. The van der Waals surface area contributed by atoms with Crippen LogP contribution in [0.2, 0.25) is 0 Å². The summed E-state index contributed by atoms with van der Waals surface area (Å²) in [4.78, 5) is 16.8. The van der Waals surface area contributed by atoms with E-state index in [1.165, 1.54) is 13.1 Å². The minimum Gasteiger partial charge on any atom is -0.383 e. The first-order valence-electron chi connectivity index (χ1n) is 7.08. The van der Waals surface area contributed by atoms with E-state index in [1.54, 1.807) is 0 Å². The molecule has 126 valence electrons. The zero-order valence-corrected chi connectivity index (χ0v) is 13.0. The highest BCUT2D eigenvalue weighted by molar-refractivity contribution is 5.94. The lowest BCUT2D eigenvalue weighted by molar-refractivity contribution is -0.126. The minimum absolute atomic E-state index is 0.475. The largest absolute Gasteiger partial charge is 0.383 e. The predicted molar refractivity (Wildman–Crippen MR) is 84.3 cm³/mol. The molecule has 1 amide bonds. The third kappa shape index (κ3) is 4.34. The molecule has 0 unspecified atom stereocenters. The number of hydrogen-bond acceptors (Lipinski definition) is 3. The van der Waals surface area contributed by atoms with Crippen molar-refractivity contribution in [2.45, 2.75) is 20.0 Å². The number of anilines is 1. The average Bonchev–Trinajstić information content (AvgIpc) is 2.57. The van der Waals surface area contributed by atoms with Gasteiger partial charge in [0.1, 0.15) is 0 Å². The van der Waals surface area contributed by atoms with E-state index in [-0.39, 0.29) is 0 Å². The number of carbonyl (C=O) groups is 1. The van der Waals surface area contributed by atoms with E-state index in [4.69, 9.17) is 4.84 Å². The highest BCUT2D eigenvalue weighted by Crippen LogP contribution is 2.19. The molecular formula is C17H15F3N2O2. The summed E-state index contributed by atoms with van der Waals surface area (Å²) in [5.74, 6) is -5.21. The van der Waals surface area contributed by atoms with Gasteiger partial charge in [0.05, 0.1) is 11.9 Å². The van der Waals surface area contributed by atoms with Crippen molar-refractivity contribution >= 4 is 17.8 Å². The Labute approximate surface area is 136 Å². The summed E-state index contributed by atoms with van der Waals surface area (Å²) >= 11 is 0. The van der Waals surface area contributed by atoms with Crippen molar-refractivity contribution in [2.75, 3.05) is 5.32 Å². The average molecular weight is 336 g/mol. The maximum Gasteiger partial charge on any atom is 0.268 e. The van der Waals surface area contributed by atoms with Gasteiger partial charge in [0.15, 0.2) is 17.5 Å². The number of aryl methyl sites for hydroxylation is 1. The van der Waals surface area contributed by atoms with E-state index in [2.05, 4.69) is 10.5 Å². The third-order valence-corrected chi connectivity index (χ3v) is 3.16. The Morgan fingerprint density at radius 2 is 1.79 bits per heavy atom. The molecule has 0 saturated carbocycles. The molecule has 0 aliphatic carbocycles. The highest BCUT2D eigenvalue weighted by Gasteiger charge is 2.19. The van der Waals surface area contributed by atoms with Crippen LogP contribution in [0, 0.1) is 24.4 Å². The molecule has 0 bridgehead atoms. The molecule has 0 aliphatic heterocycles. The lowest BCUT2D eigenvalue weighted by atomic mass is 10.2. The second-order valence-electron chi connectivity index (χ2n) is 5.10. The molecule has 0 spiro atoms. The van der Waals surface area contributed by atoms with Gasteiger partial charge in [0.25, 0.3) is 5.91 Å². The molecule has 1 atom stereocenters. The molecule has 7 heteroatoms. The van der Waals surface area contributed by atoms with E-state index < -0.39 is 35.2 Å². The molecule has 0 aliphatic rings. The quantitative estimate of drug-likeness (QED) is 0.513. The number of rotatable bonds is 5. The zero-order valence-electron chi connectivity index (χ0n) is 13.0. The van der Waals surface area contributed by atoms with Crippen molar-refractivity contribution in [1.29, 1.82) is 0 Å². The Hall–Kier alpha value is -2.83. The van der Waals surface area contributed by atoms with Gasteiger partial charge in [-0.25, -0.2) is 13.2 Å². The monoisotopic (exact) mass is 336 g/mol. The zero-order chi connectivity index (χ0) is 17.7. The maximum absolute atomic E-state index is 13.5. The van der Waals surface area contributed by atoms with E-state index >= 15 is 0 Å². The van der Waals surface area contributed by atoms with Gasteiger partial charge in [-0.2, -0.15) is 0 Å². The fraction of sp³-hybridized carbons (Fsp3) is 0.176. The van der Waals surface area contributed by atoms with Crippen LogP contribution in [0.5, 0.6) is 0 Å². The summed E-state index contributed by atoms with van der Waals surface area (Å²) in [5, 5.41) is 5.79. The van der Waals surface area contributed by atoms with Gasteiger partial charge in [-0.1, -0.05) is 35.0 Å². The molecule has 2 aromatic carbocycles. The number of nitrogens with one attached hydrogen (secondary N) is 1. The molecule has 4 nitrogen and oxygen atoms in total. The van der Waals surface area contributed by atoms with E-state index in [1.807, 2.05) is 31.2 Å². The van der Waals surface area contributed by atoms with Crippen LogP contribution in [0.3, 0.4) is 0 Å². The molecule has 0 saturated heterocycles. The Bertz CT molecular complexity index is 761. The molecule has 0 fully saturated rings. The number of halogens is 3. The normalized spacial score (nSPS) is 12.2. The molecule has 0 aromatic heterocycles. The number of benzene rings is 2. The van der Waals surface area contributed by atoms with Crippen LogP contribution in [-0.2, 0) is 9.63 Å². The first kappa shape index (κ1) is 17.5. The van der Waals surface area contributed by atoms with Crippen LogP contribution in [0.4, 0.5) is 18.9 Å². The van der Waals surface area contributed by atoms with Gasteiger partial charge in [0.2, 0.25) is 6.10 Å². The number of oxime groups is 1. The Kier molecular flexibility index (Phi) is 5.57. The summed E-state index contributed by atoms with van der Waals surface area (Å²) in [5.41, 5.74) is 1.39. The fourth-order valence-corrected chi connectivity index (χ4v) is 1.74. The molecule has 24 heavy (non-hydrogen) atoms. The smallest absolute Gasteiger partial charge is 0.268 e. The SMILES string of the molecule is Cc1ccc(/C=N\O[C@H](C)C(=O)Nc2ccc(F)c(F)c2F)cc1. The highest BCUT2D eigenvalue weighted by atomic mass is 19.2. The molecule has 2 rings (SSSR count). The second-order valence-corrected chi connectivity index (χ2v) is 5.10. The van der Waals surface area contributed by atoms with Crippen LogP contribution in [-0.4, -0.2) is 18.2 Å². The Morgan fingerprint density at radius 1 is 1.12 bits per heavy atom. The summed E-state index contributed by atoms with van der Waals surface area (Å²) in [6.45, 7) is 3.33. The van der Waals surface area contributed by atoms with Gasteiger partial charge in [-0.05, 0) is 31.5 Å². The van der Waals surface area contributed by atoms with Crippen molar-refractivity contribution in [3.05, 3.63) is 65.0 Å². The van der Waals surface area contributed by atoms with Crippen molar-refractivity contribution in [1.82, 2.24) is 0 Å². The van der Waals surface area contributed by atoms with Gasteiger partial charge in [-0.3, -0.25) is 4.79 Å². The number of amides is 1. The summed E-state index contributed by atoms with van der Waals surface area (Å²) < 4.78 is 39.4. The van der Waals surface area contributed by atoms with Crippen molar-refractivity contribution in [3.8, 4) is 0 Å². The summed E-state index contributed by atoms with van der Waals surface area (Å²) in [6, 6.07) is 9.07. The van der Waals surface area contributed by atoms with Gasteiger partial charge < -0.3 is 10.2 Å². The molecule has 0 heterocycles. The third-order valence-electron chi connectivity index (χ3n) is 3.16. The topological polar surface area (TPSA) is 50.7 Å². The number of nitrogens with zero attached hydrogens (tertiary/aromatic N) is 1. The van der Waals surface area contributed by atoms with Gasteiger partial charge in [-0.15, -0.1) is 0 Å². The van der Waals surface area contributed by atoms with E-state index in [0.29, 0.717) is 0 Å². The van der Waals surface area contributed by atoms with Crippen molar-refractivity contribution in [3.63, 3.8) is 0 Å². The van der Waals surface area contributed by atoms with Crippen LogP contribution in [0.25, 0.3) is 0 Å². The van der Waals surface area contributed by atoms with Crippen LogP contribution in [0.15, 0.2) is 41.6 Å². The Balaban J connectivity index is 1.95. The standard InChI is InChI=1S/C17H15F3N2O2/c1-10-3-5-12(6-4-10)9-21-24-11(2)17(23)22-14-8-7-13(18)15(19)16(14)20/h3-9,11H,1-2H3,(H,22,23)/b21-9-/t11-/m1/s1. The van der Waals surface area contributed by atoms with E-state index in [9.17, 15) is 18.0 Å². The first-order valence-corrected chi connectivity index (χ1v) is 7.08. The number of carbonyl (C=O) groups excluding carboxylic acids is 1. The van der Waals surface area contributed by atoms with Crippen molar-refractivity contribution in [2.24, 2.45) is 5.16 Å². The Morgan fingerprint density at radius 3 is 2.46 bits per heavy atom. The lowest BCUT2D eigenvalue weighted by Gasteiger charge is -2.11. The van der Waals surface area contributed by atoms with Gasteiger partial charge in [0, 0.05) is 0 Å². The maximum atomic E-state index is 13.5. The van der Waals surface area contributed by atoms with Crippen LogP contribution < -0.4 is 5.32 Å². The molecule has 1 N–H and O–H groups in total. The van der Waals surface area contributed by atoms with E-state index in [0.717, 1.165) is 23.3 Å². The van der Waals surface area contributed by atoms with Crippen molar-refractivity contribution < 1.29 is 22.8 Å². The van der Waals surface area contributed by atoms with Crippen LogP contribution >= 0.6 is 0 Å². The molecule has 2 aromatic rings. The first-order chi connectivity index (χ1) is 11.4. The summed E-state index contributed by atoms with van der Waals surface area (Å²) in [7, 11) is 0. The predicted octanol–water partition coefficient (Wildman–Crippen LogP) is 3.79. The second kappa shape index (κ2) is 7.63. The number of hydrogen-bond donors (Lipinski definition) is 1. The fourth-order valence-electron chi connectivity index (χ4n) is 1.74.